The molecule has 2 aliphatic heterocycles. The number of thioether (sulfide) groups is 1. The van der Waals surface area contributed by atoms with Crippen LogP contribution in [-0.2, 0) is 6.54 Å². The number of hydrogen-bond acceptors (Lipinski definition) is 5. The molecular formula is C21H25N3O2S. The second-order valence-electron chi connectivity index (χ2n) is 7.04. The minimum Gasteiger partial charge on any atom is -0.473 e. The second kappa shape index (κ2) is 8.76. The minimum absolute atomic E-state index is 0.0600. The molecule has 0 spiro atoms. The predicted molar refractivity (Wildman–Crippen MR) is 108 cm³/mol. The number of ether oxygens (including phenoxy) is 1. The van der Waals surface area contributed by atoms with Crippen LogP contribution in [0, 0.1) is 0 Å². The molecule has 142 valence electrons. The first kappa shape index (κ1) is 18.3. The van der Waals surface area contributed by atoms with E-state index in [2.05, 4.69) is 34.1 Å². The zero-order valence-electron chi connectivity index (χ0n) is 15.4. The van der Waals surface area contributed by atoms with Gasteiger partial charge < -0.3 is 9.64 Å². The average molecular weight is 384 g/mol. The Balaban J connectivity index is 1.28. The summed E-state index contributed by atoms with van der Waals surface area (Å²) in [6.07, 6.45) is 2.97. The number of benzene rings is 1. The highest BCUT2D eigenvalue weighted by molar-refractivity contribution is 7.99. The molecule has 1 unspecified atom stereocenters. The van der Waals surface area contributed by atoms with Crippen LogP contribution in [0.5, 0.6) is 5.88 Å². The van der Waals surface area contributed by atoms with E-state index < -0.39 is 0 Å². The lowest BCUT2D eigenvalue weighted by atomic mass is 10.2. The van der Waals surface area contributed by atoms with E-state index in [1.54, 1.807) is 6.20 Å². The number of hydrogen-bond donors (Lipinski definition) is 0. The number of rotatable bonds is 5. The van der Waals surface area contributed by atoms with Gasteiger partial charge in [0.15, 0.2) is 0 Å². The van der Waals surface area contributed by atoms with Crippen LogP contribution in [0.1, 0.15) is 22.3 Å². The molecule has 0 radical (unpaired) electrons. The highest BCUT2D eigenvalue weighted by Gasteiger charge is 2.23. The Morgan fingerprint density at radius 2 is 1.93 bits per heavy atom. The van der Waals surface area contributed by atoms with Crippen molar-refractivity contribution in [3.63, 3.8) is 0 Å². The van der Waals surface area contributed by atoms with E-state index in [4.69, 9.17) is 4.74 Å². The van der Waals surface area contributed by atoms with Gasteiger partial charge in [0.05, 0.1) is 5.56 Å². The Morgan fingerprint density at radius 3 is 2.59 bits per heavy atom. The van der Waals surface area contributed by atoms with Crippen LogP contribution in [0.3, 0.4) is 0 Å². The van der Waals surface area contributed by atoms with Gasteiger partial charge in [0.1, 0.15) is 6.10 Å². The Bertz CT molecular complexity index is 740. The molecule has 2 saturated heterocycles. The van der Waals surface area contributed by atoms with Crippen molar-refractivity contribution in [3.05, 3.63) is 59.8 Å². The van der Waals surface area contributed by atoms with Gasteiger partial charge in [-0.25, -0.2) is 4.98 Å². The van der Waals surface area contributed by atoms with Crippen LogP contribution in [0.25, 0.3) is 0 Å². The summed E-state index contributed by atoms with van der Waals surface area (Å²) in [4.78, 5) is 21.4. The maximum absolute atomic E-state index is 12.7. The lowest BCUT2D eigenvalue weighted by molar-refractivity contribution is 0.0628. The Kier molecular flexibility index (Phi) is 5.94. The standard InChI is InChI=1S/C21H25N3O2S/c25-21(18-6-7-20(22-14-18)26-19-8-13-27-16-19)24-11-9-23(10-12-24)15-17-4-2-1-3-5-17/h1-7,14,19H,8-13,15-16H2. The number of aromatic nitrogens is 1. The van der Waals surface area contributed by atoms with Crippen LogP contribution in [0.15, 0.2) is 48.7 Å². The fraction of sp³-hybridized carbons (Fsp3) is 0.429. The number of pyridine rings is 1. The number of piperazine rings is 1. The maximum atomic E-state index is 12.7. The third-order valence-electron chi connectivity index (χ3n) is 5.07. The first-order valence-corrected chi connectivity index (χ1v) is 10.7. The zero-order valence-corrected chi connectivity index (χ0v) is 16.2. The second-order valence-corrected chi connectivity index (χ2v) is 8.19. The van der Waals surface area contributed by atoms with Crippen molar-refractivity contribution in [2.24, 2.45) is 0 Å². The van der Waals surface area contributed by atoms with Crippen molar-refractivity contribution in [2.45, 2.75) is 19.1 Å². The first-order chi connectivity index (χ1) is 13.3. The highest BCUT2D eigenvalue weighted by Crippen LogP contribution is 2.22. The SMILES string of the molecule is O=C(c1ccc(OC2CCSC2)nc1)N1CCN(Cc2ccccc2)CC1. The van der Waals surface area contributed by atoms with Crippen molar-refractivity contribution in [1.29, 1.82) is 0 Å². The van der Waals surface area contributed by atoms with Crippen LogP contribution >= 0.6 is 11.8 Å². The third kappa shape index (κ3) is 4.82. The maximum Gasteiger partial charge on any atom is 0.255 e. The molecule has 27 heavy (non-hydrogen) atoms. The Hall–Kier alpha value is -2.05. The highest BCUT2D eigenvalue weighted by atomic mass is 32.2. The van der Waals surface area contributed by atoms with Gasteiger partial charge in [-0.05, 0) is 23.8 Å². The molecule has 0 bridgehead atoms. The largest absolute Gasteiger partial charge is 0.473 e. The van der Waals surface area contributed by atoms with Crippen molar-refractivity contribution >= 4 is 17.7 Å². The molecular weight excluding hydrogens is 358 g/mol. The van der Waals surface area contributed by atoms with E-state index in [9.17, 15) is 4.79 Å². The lowest BCUT2D eigenvalue weighted by Crippen LogP contribution is -2.48. The van der Waals surface area contributed by atoms with E-state index in [-0.39, 0.29) is 12.0 Å². The van der Waals surface area contributed by atoms with Gasteiger partial charge >= 0.3 is 0 Å². The van der Waals surface area contributed by atoms with Gasteiger partial charge in [0.25, 0.3) is 5.91 Å². The van der Waals surface area contributed by atoms with E-state index in [0.29, 0.717) is 11.4 Å². The van der Waals surface area contributed by atoms with Gasteiger partial charge in [-0.2, -0.15) is 11.8 Å². The topological polar surface area (TPSA) is 45.7 Å². The van der Waals surface area contributed by atoms with Crippen molar-refractivity contribution in [1.82, 2.24) is 14.8 Å². The molecule has 3 heterocycles. The van der Waals surface area contributed by atoms with Crippen molar-refractivity contribution < 1.29 is 9.53 Å². The molecule has 5 nitrogen and oxygen atoms in total. The van der Waals surface area contributed by atoms with E-state index in [1.807, 2.05) is 34.9 Å². The van der Waals surface area contributed by atoms with Crippen LogP contribution < -0.4 is 4.74 Å². The number of nitrogens with zero attached hydrogens (tertiary/aromatic N) is 3. The average Bonchev–Trinajstić information content (AvgIpc) is 3.22. The number of amides is 1. The van der Waals surface area contributed by atoms with Crippen LogP contribution in [0.2, 0.25) is 0 Å². The fourth-order valence-corrected chi connectivity index (χ4v) is 4.58. The minimum atomic E-state index is 0.0600. The summed E-state index contributed by atoms with van der Waals surface area (Å²) in [7, 11) is 0. The molecule has 4 rings (SSSR count). The molecule has 1 atom stereocenters. The monoisotopic (exact) mass is 383 g/mol. The Morgan fingerprint density at radius 1 is 1.11 bits per heavy atom. The molecule has 0 aliphatic carbocycles. The summed E-state index contributed by atoms with van der Waals surface area (Å²) >= 11 is 1.91. The van der Waals surface area contributed by atoms with E-state index in [0.717, 1.165) is 50.7 Å². The molecule has 1 aromatic heterocycles. The molecule has 0 N–H and O–H groups in total. The Labute approximate surface area is 164 Å². The predicted octanol–water partition coefficient (Wildman–Crippen LogP) is 2.92. The molecule has 1 aromatic carbocycles. The summed E-state index contributed by atoms with van der Waals surface area (Å²) in [5, 5.41) is 0. The number of carbonyl (C=O) groups is 1. The van der Waals surface area contributed by atoms with Crippen molar-refractivity contribution in [2.75, 3.05) is 37.7 Å². The van der Waals surface area contributed by atoms with Gasteiger partial charge in [-0.1, -0.05) is 30.3 Å². The smallest absolute Gasteiger partial charge is 0.255 e. The van der Waals surface area contributed by atoms with Crippen LogP contribution in [0.4, 0.5) is 0 Å². The summed E-state index contributed by atoms with van der Waals surface area (Å²) in [6.45, 7) is 4.24. The third-order valence-corrected chi connectivity index (χ3v) is 6.20. The van der Waals surface area contributed by atoms with E-state index >= 15 is 0 Å². The van der Waals surface area contributed by atoms with Crippen molar-refractivity contribution in [3.8, 4) is 5.88 Å². The zero-order chi connectivity index (χ0) is 18.5. The quantitative estimate of drug-likeness (QED) is 0.794. The summed E-state index contributed by atoms with van der Waals surface area (Å²) < 4.78 is 5.86. The molecule has 0 saturated carbocycles. The van der Waals surface area contributed by atoms with Gasteiger partial charge in [0.2, 0.25) is 5.88 Å². The summed E-state index contributed by atoms with van der Waals surface area (Å²) in [6, 6.07) is 14.1. The molecule has 2 aliphatic rings. The lowest BCUT2D eigenvalue weighted by Gasteiger charge is -2.34. The van der Waals surface area contributed by atoms with Gasteiger partial charge in [-0.3, -0.25) is 9.69 Å². The normalized spacial score (nSPS) is 20.6. The van der Waals surface area contributed by atoms with Crippen LogP contribution in [-0.4, -0.2) is 64.5 Å². The molecule has 1 amide bonds. The molecule has 6 heteroatoms. The summed E-state index contributed by atoms with van der Waals surface area (Å²) in [5.41, 5.74) is 1.96. The fourth-order valence-electron chi connectivity index (χ4n) is 3.49. The van der Waals surface area contributed by atoms with E-state index in [1.165, 1.54) is 5.56 Å². The van der Waals surface area contributed by atoms with Gasteiger partial charge in [0, 0.05) is 50.7 Å². The van der Waals surface area contributed by atoms with Gasteiger partial charge in [-0.15, -0.1) is 0 Å². The molecule has 2 fully saturated rings. The molecule has 2 aromatic rings. The summed E-state index contributed by atoms with van der Waals surface area (Å²) in [5.74, 6) is 2.85. The first-order valence-electron chi connectivity index (χ1n) is 9.54. The number of carbonyl (C=O) groups excluding carboxylic acids is 1.